The summed E-state index contributed by atoms with van der Waals surface area (Å²) in [5, 5.41) is 21.8. The van der Waals surface area contributed by atoms with Crippen LogP contribution < -0.4 is 16.4 Å². The van der Waals surface area contributed by atoms with Crippen LogP contribution in [0.4, 0.5) is 5.69 Å². The molecule has 11 nitrogen and oxygen atoms in total. The van der Waals surface area contributed by atoms with Crippen LogP contribution in [0.2, 0.25) is 0 Å². The predicted octanol–water partition coefficient (Wildman–Crippen LogP) is 3.39. The zero-order chi connectivity index (χ0) is 30.6. The van der Waals surface area contributed by atoms with Crippen molar-refractivity contribution in [3.8, 4) is 34.8 Å². The van der Waals surface area contributed by atoms with Gasteiger partial charge in [0.25, 0.3) is 5.91 Å². The van der Waals surface area contributed by atoms with Crippen molar-refractivity contribution in [1.29, 1.82) is 5.41 Å². The highest BCUT2D eigenvalue weighted by Gasteiger charge is 2.22. The van der Waals surface area contributed by atoms with Crippen LogP contribution in [0.25, 0.3) is 33.4 Å². The van der Waals surface area contributed by atoms with Crippen molar-refractivity contribution in [3.63, 3.8) is 0 Å². The van der Waals surface area contributed by atoms with Crippen molar-refractivity contribution in [3.05, 3.63) is 71.1 Å². The number of nitrogens with two attached hydrogens (primary N) is 1. The highest BCUT2D eigenvalue weighted by molar-refractivity contribution is 6.09. The fourth-order valence-corrected chi connectivity index (χ4v) is 4.41. The number of carboxylic acid groups (broad SMARTS) is 1. The van der Waals surface area contributed by atoms with Gasteiger partial charge in [0.2, 0.25) is 0 Å². The number of ether oxygens (including phenoxy) is 4. The highest BCUT2D eigenvalue weighted by atomic mass is 16.6. The third kappa shape index (κ3) is 8.41. The lowest BCUT2D eigenvalue weighted by molar-refractivity contribution is 0.00176. The first-order valence-electron chi connectivity index (χ1n) is 13.6. The molecule has 0 unspecified atom stereocenters. The number of carbonyl (C=O) groups excluding carboxylic acids is 1. The molecule has 0 radical (unpaired) electrons. The molecule has 0 saturated carbocycles. The summed E-state index contributed by atoms with van der Waals surface area (Å²) >= 11 is 0. The largest absolute Gasteiger partial charge is 0.478 e. The van der Waals surface area contributed by atoms with E-state index in [-0.39, 0.29) is 36.2 Å². The number of rotatable bonds is 16. The minimum absolute atomic E-state index is 0.0503. The van der Waals surface area contributed by atoms with E-state index >= 15 is 0 Å². The maximum Gasteiger partial charge on any atom is 0.336 e. The lowest BCUT2D eigenvalue weighted by atomic mass is 9.89. The summed E-state index contributed by atoms with van der Waals surface area (Å²) in [6.45, 7) is 3.20. The molecule has 2 aromatic rings. The Morgan fingerprint density at radius 3 is 2.26 bits per heavy atom. The Morgan fingerprint density at radius 1 is 0.884 bits per heavy atom. The number of aromatic carboxylic acids is 1. The van der Waals surface area contributed by atoms with E-state index < -0.39 is 11.9 Å². The highest BCUT2D eigenvalue weighted by Crippen LogP contribution is 2.41. The Bertz CT molecular complexity index is 1640. The molecule has 43 heavy (non-hydrogen) atoms. The first-order valence-corrected chi connectivity index (χ1v) is 13.6. The topological polar surface area (TPSA) is 166 Å². The molecule has 1 aliphatic carbocycles. The quantitative estimate of drug-likeness (QED) is 0.0665. The number of hydrogen-bond acceptors (Lipinski definition) is 9. The number of amides is 1. The van der Waals surface area contributed by atoms with Crippen molar-refractivity contribution >= 4 is 28.5 Å². The van der Waals surface area contributed by atoms with Crippen LogP contribution in [0.5, 0.6) is 0 Å². The number of fused-ring (bicyclic) bond motifs is 2. The van der Waals surface area contributed by atoms with E-state index in [1.807, 2.05) is 0 Å². The van der Waals surface area contributed by atoms with E-state index in [1.165, 1.54) is 6.07 Å². The molecule has 0 atom stereocenters. The molecule has 0 fully saturated rings. The van der Waals surface area contributed by atoms with Gasteiger partial charge in [-0.15, -0.1) is 6.42 Å². The standard InChI is InChI=1S/C32H33N3O8/c1-2-10-39-12-14-41-16-17-42-15-13-40-11-9-35-31(36)21-3-6-24(27(18-21)32(37)38)30-25-7-4-22(33)19-28(25)43-29-20-23(34)5-8-26(29)30/h1,3-8,18-20,33H,9-17,34H2,(H,35,36)(H,37,38). The number of anilines is 1. The summed E-state index contributed by atoms with van der Waals surface area (Å²) in [7, 11) is 0. The number of hydrogen-bond donors (Lipinski definition) is 4. The molecular weight excluding hydrogens is 554 g/mol. The molecule has 11 heteroatoms. The molecule has 4 rings (SSSR count). The summed E-state index contributed by atoms with van der Waals surface area (Å²) in [5.41, 5.74) is 8.69. The van der Waals surface area contributed by atoms with Crippen LogP contribution in [0, 0.1) is 17.8 Å². The molecule has 0 spiro atoms. The Kier molecular flexibility index (Phi) is 11.2. The second-order valence-electron chi connectivity index (χ2n) is 9.36. The molecule has 0 aromatic heterocycles. The number of benzene rings is 3. The van der Waals surface area contributed by atoms with Gasteiger partial charge in [0.15, 0.2) is 0 Å². The average Bonchev–Trinajstić information content (AvgIpc) is 2.99. The molecule has 0 saturated heterocycles. The van der Waals surface area contributed by atoms with Gasteiger partial charge in [0.1, 0.15) is 18.0 Å². The maximum absolute atomic E-state index is 12.8. The number of nitrogen functional groups attached to an aromatic ring is 1. The van der Waals surface area contributed by atoms with Crippen LogP contribution in [0.15, 0.2) is 59.0 Å². The van der Waals surface area contributed by atoms with Crippen molar-refractivity contribution < 1.29 is 38.1 Å². The Morgan fingerprint density at radius 2 is 1.56 bits per heavy atom. The first kappa shape index (κ1) is 31.2. The van der Waals surface area contributed by atoms with Crippen molar-refractivity contribution in [2.75, 3.05) is 65.1 Å². The second-order valence-corrected chi connectivity index (χ2v) is 9.36. The molecule has 0 bridgehead atoms. The normalized spacial score (nSPS) is 11.0. The van der Waals surface area contributed by atoms with Gasteiger partial charge in [0, 0.05) is 46.4 Å². The van der Waals surface area contributed by atoms with Crippen LogP contribution in [-0.4, -0.2) is 76.4 Å². The predicted molar refractivity (Wildman–Crippen MR) is 160 cm³/mol. The Hall–Kier alpha value is -4.73. The lowest BCUT2D eigenvalue weighted by Crippen LogP contribution is -2.28. The van der Waals surface area contributed by atoms with Crippen LogP contribution >= 0.6 is 0 Å². The van der Waals surface area contributed by atoms with E-state index in [1.54, 1.807) is 48.5 Å². The van der Waals surface area contributed by atoms with Gasteiger partial charge in [-0.3, -0.25) is 4.79 Å². The van der Waals surface area contributed by atoms with E-state index in [0.717, 1.165) is 0 Å². The lowest BCUT2D eigenvalue weighted by Gasteiger charge is -2.17. The zero-order valence-corrected chi connectivity index (χ0v) is 23.5. The fourth-order valence-electron chi connectivity index (χ4n) is 4.41. The van der Waals surface area contributed by atoms with Gasteiger partial charge in [-0.05, 0) is 42.0 Å². The molecule has 1 aliphatic heterocycles. The van der Waals surface area contributed by atoms with Crippen molar-refractivity contribution in [1.82, 2.24) is 5.32 Å². The van der Waals surface area contributed by atoms with Crippen molar-refractivity contribution in [2.45, 2.75) is 0 Å². The average molecular weight is 588 g/mol. The summed E-state index contributed by atoms with van der Waals surface area (Å²) in [4.78, 5) is 25.2. The third-order valence-electron chi connectivity index (χ3n) is 6.36. The summed E-state index contributed by atoms with van der Waals surface area (Å²) in [6.07, 6.45) is 5.09. The molecule has 2 aliphatic rings. The molecule has 224 valence electrons. The zero-order valence-electron chi connectivity index (χ0n) is 23.5. The van der Waals surface area contributed by atoms with Gasteiger partial charge in [-0.2, -0.15) is 0 Å². The van der Waals surface area contributed by atoms with Gasteiger partial charge >= 0.3 is 5.97 Å². The fraction of sp³-hybridized carbons (Fsp3) is 0.281. The molecule has 1 amide bonds. The third-order valence-corrected chi connectivity index (χ3v) is 6.36. The molecule has 1 heterocycles. The number of carbonyl (C=O) groups is 2. The summed E-state index contributed by atoms with van der Waals surface area (Å²) < 4.78 is 27.3. The second kappa shape index (κ2) is 15.5. The van der Waals surface area contributed by atoms with Gasteiger partial charge in [-0.25, -0.2) is 4.79 Å². The van der Waals surface area contributed by atoms with Crippen LogP contribution in [0.3, 0.4) is 0 Å². The summed E-state index contributed by atoms with van der Waals surface area (Å²) in [5.74, 6) is 1.17. The summed E-state index contributed by atoms with van der Waals surface area (Å²) in [6, 6.07) is 14.6. The smallest absolute Gasteiger partial charge is 0.336 e. The van der Waals surface area contributed by atoms with Gasteiger partial charge in [0.05, 0.1) is 57.2 Å². The van der Waals surface area contributed by atoms with E-state index in [0.29, 0.717) is 78.7 Å². The van der Waals surface area contributed by atoms with E-state index in [9.17, 15) is 14.7 Å². The van der Waals surface area contributed by atoms with E-state index in [4.69, 9.17) is 40.9 Å². The van der Waals surface area contributed by atoms with Gasteiger partial charge in [-0.1, -0.05) is 12.0 Å². The SMILES string of the molecule is C#CCOCCOCCOCCOCCNC(=O)c1ccc(-c2c3ccc(=N)cc-3oc3cc(N)ccc23)c(C(=O)O)c1. The van der Waals surface area contributed by atoms with E-state index in [2.05, 4.69) is 11.2 Å². The van der Waals surface area contributed by atoms with Crippen LogP contribution in [0.1, 0.15) is 20.7 Å². The van der Waals surface area contributed by atoms with Crippen molar-refractivity contribution in [2.24, 2.45) is 0 Å². The molecule has 2 aromatic carbocycles. The maximum atomic E-state index is 12.8. The van der Waals surface area contributed by atoms with Gasteiger partial charge < -0.3 is 44.9 Å². The number of carboxylic acids is 1. The first-order chi connectivity index (χ1) is 20.9. The molecule has 5 N–H and O–H groups in total. The Balaban J connectivity index is 1.35. The number of terminal acetylenes is 1. The minimum atomic E-state index is -1.19. The number of nitrogens with one attached hydrogen (secondary N) is 2. The Labute approximate surface area is 248 Å². The molecular formula is C32H33N3O8. The monoisotopic (exact) mass is 587 g/mol. The minimum Gasteiger partial charge on any atom is -0.478 e. The van der Waals surface area contributed by atoms with Crippen LogP contribution in [-0.2, 0) is 18.9 Å².